The summed E-state index contributed by atoms with van der Waals surface area (Å²) in [6, 6.07) is 1.53. The normalized spacial score (nSPS) is 9.00. The second-order valence-electron chi connectivity index (χ2n) is 2.43. The maximum absolute atomic E-state index is 10.4. The molecule has 1 rings (SSSR count). The first-order valence-corrected chi connectivity index (χ1v) is 4.43. The highest BCUT2D eigenvalue weighted by Crippen LogP contribution is 2.17. The molecular weight excluding hydrogens is 223 g/mol. The highest BCUT2D eigenvalue weighted by atomic mass is 35.5. The van der Waals surface area contributed by atoms with Crippen LogP contribution >= 0.6 is 23.2 Å². The molecule has 0 bridgehead atoms. The van der Waals surface area contributed by atoms with Crippen LogP contribution in [-0.2, 0) is 4.79 Å². The van der Waals surface area contributed by atoms with Crippen LogP contribution in [0.3, 0.4) is 0 Å². The molecule has 3 nitrogen and oxygen atoms in total. The van der Waals surface area contributed by atoms with Gasteiger partial charge in [-0.1, -0.05) is 29.1 Å². The highest BCUT2D eigenvalue weighted by Gasteiger charge is 1.98. The van der Waals surface area contributed by atoms with Crippen molar-refractivity contribution in [2.24, 2.45) is 5.73 Å². The van der Waals surface area contributed by atoms with Crippen molar-refractivity contribution in [1.82, 2.24) is 4.98 Å². The monoisotopic (exact) mass is 228 g/mol. The summed E-state index contributed by atoms with van der Waals surface area (Å²) in [5.41, 5.74) is 5.29. The van der Waals surface area contributed by atoms with Crippen LogP contribution < -0.4 is 5.73 Å². The highest BCUT2D eigenvalue weighted by molar-refractivity contribution is 6.35. The summed E-state index contributed by atoms with van der Waals surface area (Å²) in [4.78, 5) is 14.3. The summed E-state index contributed by atoms with van der Waals surface area (Å²) < 4.78 is 0. The second kappa shape index (κ2) is 4.85. The average Bonchev–Trinajstić information content (AvgIpc) is 2.08. The zero-order valence-electron chi connectivity index (χ0n) is 7.05. The van der Waals surface area contributed by atoms with Gasteiger partial charge in [-0.25, -0.2) is 4.98 Å². The van der Waals surface area contributed by atoms with E-state index in [4.69, 9.17) is 28.9 Å². The summed E-state index contributed by atoms with van der Waals surface area (Å²) in [7, 11) is 0. The summed E-state index contributed by atoms with van der Waals surface area (Å²) in [5.74, 6) is 4.68. The van der Waals surface area contributed by atoms with Crippen LogP contribution in [-0.4, -0.2) is 10.9 Å². The molecule has 1 aromatic heterocycles. The summed E-state index contributed by atoms with van der Waals surface area (Å²) in [5, 5.41) is 0.796. The first kappa shape index (κ1) is 10.8. The van der Waals surface area contributed by atoms with Gasteiger partial charge in [0.25, 0.3) is 0 Å². The van der Waals surface area contributed by atoms with Crippen LogP contribution in [0, 0.1) is 11.8 Å². The maximum atomic E-state index is 10.4. The molecule has 0 atom stereocenters. The van der Waals surface area contributed by atoms with Crippen molar-refractivity contribution >= 4 is 29.1 Å². The zero-order chi connectivity index (χ0) is 10.6. The van der Waals surface area contributed by atoms with Crippen molar-refractivity contribution in [3.63, 3.8) is 0 Å². The molecule has 0 spiro atoms. The zero-order valence-corrected chi connectivity index (χ0v) is 8.56. The van der Waals surface area contributed by atoms with Gasteiger partial charge in [0.15, 0.2) is 0 Å². The molecule has 1 aromatic rings. The van der Waals surface area contributed by atoms with Crippen molar-refractivity contribution in [3.05, 3.63) is 28.0 Å². The SMILES string of the molecule is NC(=O)CC#Cc1ncc(Cl)cc1Cl. The van der Waals surface area contributed by atoms with E-state index < -0.39 is 5.91 Å². The number of amides is 1. The first-order chi connectivity index (χ1) is 6.59. The molecule has 14 heavy (non-hydrogen) atoms. The number of carbonyl (C=O) groups excluding carboxylic acids is 1. The third kappa shape index (κ3) is 3.25. The van der Waals surface area contributed by atoms with Crippen LogP contribution in [0.25, 0.3) is 0 Å². The molecule has 2 N–H and O–H groups in total. The molecule has 0 aliphatic heterocycles. The largest absolute Gasteiger partial charge is 0.369 e. The number of primary amides is 1. The minimum absolute atomic E-state index is 0.0133. The van der Waals surface area contributed by atoms with Gasteiger partial charge in [-0.3, -0.25) is 4.79 Å². The lowest BCUT2D eigenvalue weighted by molar-refractivity contribution is -0.117. The Morgan fingerprint density at radius 1 is 1.57 bits per heavy atom. The van der Waals surface area contributed by atoms with Crippen LogP contribution in [0.15, 0.2) is 12.3 Å². The Hall–Kier alpha value is -1.24. The second-order valence-corrected chi connectivity index (χ2v) is 3.27. The lowest BCUT2D eigenvalue weighted by Crippen LogP contribution is -2.08. The number of carbonyl (C=O) groups is 1. The number of pyridine rings is 1. The van der Waals surface area contributed by atoms with Crippen LogP contribution in [0.4, 0.5) is 0 Å². The molecule has 0 saturated carbocycles. The third-order valence-electron chi connectivity index (χ3n) is 1.28. The quantitative estimate of drug-likeness (QED) is 0.743. The van der Waals surface area contributed by atoms with Crippen molar-refractivity contribution in [1.29, 1.82) is 0 Å². The Bertz CT molecular complexity index is 421. The molecule has 0 aliphatic rings. The Labute approximate surface area is 91.2 Å². The molecule has 0 saturated heterocycles. The van der Waals surface area contributed by atoms with E-state index in [1.165, 1.54) is 12.3 Å². The van der Waals surface area contributed by atoms with Crippen molar-refractivity contribution in [2.75, 3.05) is 0 Å². The van der Waals surface area contributed by atoms with E-state index in [0.29, 0.717) is 15.7 Å². The smallest absolute Gasteiger partial charge is 0.229 e. The van der Waals surface area contributed by atoms with Gasteiger partial charge in [0.1, 0.15) is 5.69 Å². The van der Waals surface area contributed by atoms with Crippen molar-refractivity contribution in [2.45, 2.75) is 6.42 Å². The molecule has 1 heterocycles. The number of aromatic nitrogens is 1. The topological polar surface area (TPSA) is 56.0 Å². The van der Waals surface area contributed by atoms with Gasteiger partial charge in [0.05, 0.1) is 16.5 Å². The summed E-state index contributed by atoms with van der Waals surface area (Å²) in [6.07, 6.45) is 1.42. The van der Waals surface area contributed by atoms with Gasteiger partial charge in [-0.05, 0) is 12.0 Å². The first-order valence-electron chi connectivity index (χ1n) is 3.68. The minimum atomic E-state index is -0.484. The summed E-state index contributed by atoms with van der Waals surface area (Å²) in [6.45, 7) is 0. The van der Waals surface area contributed by atoms with E-state index in [9.17, 15) is 4.79 Å². The number of halogens is 2. The van der Waals surface area contributed by atoms with Crippen molar-refractivity contribution in [3.8, 4) is 11.8 Å². The standard InChI is InChI=1S/C9H6Cl2N2O/c10-6-4-7(11)8(13-5-6)2-1-3-9(12)14/h4-5H,3H2,(H2,12,14). The molecule has 5 heteroatoms. The van der Waals surface area contributed by atoms with E-state index in [2.05, 4.69) is 16.8 Å². The van der Waals surface area contributed by atoms with Gasteiger partial charge >= 0.3 is 0 Å². The Kier molecular flexibility index (Phi) is 3.75. The van der Waals surface area contributed by atoms with Crippen LogP contribution in [0.5, 0.6) is 0 Å². The predicted molar refractivity (Wildman–Crippen MR) is 54.9 cm³/mol. The Balaban J connectivity index is 2.85. The lowest BCUT2D eigenvalue weighted by Gasteiger charge is -1.94. The van der Waals surface area contributed by atoms with Gasteiger partial charge in [-0.2, -0.15) is 0 Å². The Morgan fingerprint density at radius 3 is 2.86 bits per heavy atom. The number of hydrogen-bond donors (Lipinski definition) is 1. The molecule has 0 aromatic carbocycles. The number of nitrogens with two attached hydrogens (primary N) is 1. The molecule has 0 radical (unpaired) electrons. The molecule has 1 amide bonds. The van der Waals surface area contributed by atoms with E-state index in [1.807, 2.05) is 0 Å². The fourth-order valence-electron chi connectivity index (χ4n) is 0.722. The average molecular weight is 229 g/mol. The van der Waals surface area contributed by atoms with Gasteiger partial charge < -0.3 is 5.73 Å². The summed E-state index contributed by atoms with van der Waals surface area (Å²) >= 11 is 11.4. The minimum Gasteiger partial charge on any atom is -0.369 e. The molecular formula is C9H6Cl2N2O. The fraction of sp³-hybridized carbons (Fsp3) is 0.111. The van der Waals surface area contributed by atoms with E-state index in [-0.39, 0.29) is 6.42 Å². The van der Waals surface area contributed by atoms with Crippen molar-refractivity contribution < 1.29 is 4.79 Å². The molecule has 0 unspecified atom stereocenters. The number of nitrogens with zero attached hydrogens (tertiary/aromatic N) is 1. The fourth-order valence-corrected chi connectivity index (χ4v) is 1.15. The van der Waals surface area contributed by atoms with Gasteiger partial charge in [0, 0.05) is 6.20 Å². The van der Waals surface area contributed by atoms with Gasteiger partial charge in [0.2, 0.25) is 5.91 Å². The lowest BCUT2D eigenvalue weighted by atomic mass is 10.3. The molecule has 0 aliphatic carbocycles. The van der Waals surface area contributed by atoms with E-state index in [0.717, 1.165) is 0 Å². The maximum Gasteiger partial charge on any atom is 0.229 e. The third-order valence-corrected chi connectivity index (χ3v) is 1.77. The number of rotatable bonds is 1. The predicted octanol–water partition coefficient (Wildman–Crippen LogP) is 1.62. The molecule has 72 valence electrons. The molecule has 0 fully saturated rings. The van der Waals surface area contributed by atoms with Gasteiger partial charge in [-0.15, -0.1) is 0 Å². The van der Waals surface area contributed by atoms with E-state index >= 15 is 0 Å². The number of hydrogen-bond acceptors (Lipinski definition) is 2. The Morgan fingerprint density at radius 2 is 2.29 bits per heavy atom. The van der Waals surface area contributed by atoms with Crippen LogP contribution in [0.2, 0.25) is 10.0 Å². The van der Waals surface area contributed by atoms with E-state index in [1.54, 1.807) is 0 Å². The van der Waals surface area contributed by atoms with Crippen LogP contribution in [0.1, 0.15) is 12.1 Å².